The van der Waals surface area contributed by atoms with Crippen LogP contribution in [0.2, 0.25) is 5.15 Å². The summed E-state index contributed by atoms with van der Waals surface area (Å²) in [5.41, 5.74) is 0. The molecule has 0 aliphatic heterocycles. The molecule has 0 atom stereocenters. The Morgan fingerprint density at radius 2 is 2.26 bits per heavy atom. The highest BCUT2D eigenvalue weighted by atomic mass is 35.5. The molecule has 0 saturated heterocycles. The lowest BCUT2D eigenvalue weighted by molar-refractivity contribution is 0.178. The van der Waals surface area contributed by atoms with Gasteiger partial charge in [-0.25, -0.2) is 15.0 Å². The fourth-order valence-electron chi connectivity index (χ4n) is 1.51. The standard InChI is InChI=1S/C12H15ClN4O2/c1-3-8-5-15-12(19-8)6-14-10-4-9(13)16-11(17-10)7-18-2/h4-5H,3,6-7H2,1-2H3,(H,14,16,17). The molecule has 102 valence electrons. The molecule has 0 amide bonds. The summed E-state index contributed by atoms with van der Waals surface area (Å²) in [5.74, 6) is 2.61. The highest BCUT2D eigenvalue weighted by Crippen LogP contribution is 2.13. The number of nitrogens with zero attached hydrogens (tertiary/aromatic N) is 3. The number of ether oxygens (including phenoxy) is 1. The third kappa shape index (κ3) is 3.90. The summed E-state index contributed by atoms with van der Waals surface area (Å²) in [5, 5.41) is 3.46. The van der Waals surface area contributed by atoms with Gasteiger partial charge in [-0.05, 0) is 0 Å². The Bertz CT molecular complexity index is 544. The second kappa shape index (κ2) is 6.49. The Balaban J connectivity index is 2.02. The molecule has 2 aromatic rings. The molecule has 0 aliphatic rings. The summed E-state index contributed by atoms with van der Waals surface area (Å²) in [6.45, 7) is 2.77. The summed E-state index contributed by atoms with van der Waals surface area (Å²) >= 11 is 5.91. The normalized spacial score (nSPS) is 10.7. The van der Waals surface area contributed by atoms with Crippen molar-refractivity contribution in [3.8, 4) is 0 Å². The van der Waals surface area contributed by atoms with Crippen LogP contribution in [0.4, 0.5) is 5.82 Å². The van der Waals surface area contributed by atoms with E-state index in [-0.39, 0.29) is 0 Å². The summed E-state index contributed by atoms with van der Waals surface area (Å²) < 4.78 is 10.5. The van der Waals surface area contributed by atoms with E-state index in [1.165, 1.54) is 0 Å². The van der Waals surface area contributed by atoms with E-state index in [1.807, 2.05) is 6.92 Å². The van der Waals surface area contributed by atoms with Gasteiger partial charge in [0.1, 0.15) is 23.3 Å². The molecule has 2 heterocycles. The summed E-state index contributed by atoms with van der Waals surface area (Å²) in [6, 6.07) is 1.64. The van der Waals surface area contributed by atoms with Crippen LogP contribution in [-0.2, 0) is 24.3 Å². The first-order chi connectivity index (χ1) is 9.21. The van der Waals surface area contributed by atoms with Crippen LogP contribution in [0.25, 0.3) is 0 Å². The minimum Gasteiger partial charge on any atom is -0.444 e. The molecule has 1 N–H and O–H groups in total. The van der Waals surface area contributed by atoms with Crippen LogP contribution < -0.4 is 5.32 Å². The van der Waals surface area contributed by atoms with E-state index in [1.54, 1.807) is 19.4 Å². The smallest absolute Gasteiger partial charge is 0.213 e. The molecule has 0 aromatic carbocycles. The van der Waals surface area contributed by atoms with Crippen molar-refractivity contribution in [3.05, 3.63) is 34.9 Å². The van der Waals surface area contributed by atoms with Gasteiger partial charge in [0.2, 0.25) is 5.89 Å². The van der Waals surface area contributed by atoms with Crippen molar-refractivity contribution in [2.45, 2.75) is 26.5 Å². The Morgan fingerprint density at radius 3 is 2.95 bits per heavy atom. The molecule has 0 saturated carbocycles. The first-order valence-corrected chi connectivity index (χ1v) is 6.29. The maximum Gasteiger partial charge on any atom is 0.213 e. The van der Waals surface area contributed by atoms with Crippen molar-refractivity contribution >= 4 is 17.4 Å². The van der Waals surface area contributed by atoms with E-state index in [0.717, 1.165) is 12.2 Å². The van der Waals surface area contributed by atoms with E-state index in [4.69, 9.17) is 20.8 Å². The minimum absolute atomic E-state index is 0.314. The topological polar surface area (TPSA) is 73.1 Å². The third-order valence-electron chi connectivity index (χ3n) is 2.39. The Labute approximate surface area is 116 Å². The maximum atomic E-state index is 5.91. The van der Waals surface area contributed by atoms with Crippen molar-refractivity contribution in [2.24, 2.45) is 0 Å². The van der Waals surface area contributed by atoms with E-state index in [2.05, 4.69) is 20.3 Å². The zero-order valence-electron chi connectivity index (χ0n) is 10.8. The number of halogens is 1. The highest BCUT2D eigenvalue weighted by Gasteiger charge is 2.05. The van der Waals surface area contributed by atoms with Crippen molar-refractivity contribution < 1.29 is 9.15 Å². The van der Waals surface area contributed by atoms with Crippen LogP contribution >= 0.6 is 11.6 Å². The number of aryl methyl sites for hydroxylation is 1. The third-order valence-corrected chi connectivity index (χ3v) is 2.58. The van der Waals surface area contributed by atoms with Gasteiger partial charge in [0.15, 0.2) is 5.82 Å². The second-order valence-electron chi connectivity index (χ2n) is 3.85. The van der Waals surface area contributed by atoms with Crippen molar-refractivity contribution in [1.29, 1.82) is 0 Å². The lowest BCUT2D eigenvalue weighted by Crippen LogP contribution is -2.05. The number of nitrogens with one attached hydrogen (secondary N) is 1. The molecule has 0 radical (unpaired) electrons. The SMILES string of the molecule is CCc1cnc(CNc2cc(Cl)nc(COC)n2)o1. The van der Waals surface area contributed by atoms with Crippen molar-refractivity contribution in [3.63, 3.8) is 0 Å². The lowest BCUT2D eigenvalue weighted by Gasteiger charge is -2.05. The first kappa shape index (κ1) is 13.8. The fourth-order valence-corrected chi connectivity index (χ4v) is 1.71. The lowest BCUT2D eigenvalue weighted by atomic mass is 10.4. The molecule has 0 aliphatic carbocycles. The predicted octanol–water partition coefficient (Wildman–Crippen LogP) is 2.44. The number of hydrogen-bond acceptors (Lipinski definition) is 6. The quantitative estimate of drug-likeness (QED) is 0.821. The number of hydrogen-bond donors (Lipinski definition) is 1. The van der Waals surface area contributed by atoms with Gasteiger partial charge in [0.05, 0.1) is 12.7 Å². The van der Waals surface area contributed by atoms with Crippen LogP contribution in [0.5, 0.6) is 0 Å². The summed E-state index contributed by atoms with van der Waals surface area (Å²) in [7, 11) is 1.58. The van der Waals surface area contributed by atoms with Crippen LogP contribution in [0.3, 0.4) is 0 Å². The molecule has 0 bridgehead atoms. The number of anilines is 1. The fraction of sp³-hybridized carbons (Fsp3) is 0.417. The van der Waals surface area contributed by atoms with Gasteiger partial charge in [-0.15, -0.1) is 0 Å². The van der Waals surface area contributed by atoms with Crippen LogP contribution in [0.1, 0.15) is 24.4 Å². The van der Waals surface area contributed by atoms with Crippen LogP contribution in [-0.4, -0.2) is 22.1 Å². The molecular weight excluding hydrogens is 268 g/mol. The second-order valence-corrected chi connectivity index (χ2v) is 4.24. The van der Waals surface area contributed by atoms with Gasteiger partial charge < -0.3 is 14.5 Å². The average molecular weight is 283 g/mol. The maximum absolute atomic E-state index is 5.91. The molecule has 0 fully saturated rings. The largest absolute Gasteiger partial charge is 0.444 e. The van der Waals surface area contributed by atoms with E-state index in [0.29, 0.717) is 35.8 Å². The zero-order chi connectivity index (χ0) is 13.7. The van der Waals surface area contributed by atoms with Crippen LogP contribution in [0, 0.1) is 0 Å². The zero-order valence-corrected chi connectivity index (χ0v) is 11.6. The minimum atomic E-state index is 0.314. The molecule has 7 heteroatoms. The summed E-state index contributed by atoms with van der Waals surface area (Å²) in [4.78, 5) is 12.5. The number of aromatic nitrogens is 3. The first-order valence-electron chi connectivity index (χ1n) is 5.91. The molecule has 0 unspecified atom stereocenters. The van der Waals surface area contributed by atoms with Gasteiger partial charge in [-0.1, -0.05) is 18.5 Å². The van der Waals surface area contributed by atoms with E-state index >= 15 is 0 Å². The predicted molar refractivity (Wildman–Crippen MR) is 71.0 cm³/mol. The van der Waals surface area contributed by atoms with E-state index < -0.39 is 0 Å². The highest BCUT2D eigenvalue weighted by molar-refractivity contribution is 6.29. The molecule has 6 nitrogen and oxygen atoms in total. The number of rotatable bonds is 6. The summed E-state index contributed by atoms with van der Waals surface area (Å²) in [6.07, 6.45) is 2.55. The van der Waals surface area contributed by atoms with Gasteiger partial charge in [-0.3, -0.25) is 0 Å². The molecule has 2 aromatic heterocycles. The molecular formula is C12H15ClN4O2. The van der Waals surface area contributed by atoms with Gasteiger partial charge in [-0.2, -0.15) is 0 Å². The molecule has 2 rings (SSSR count). The molecule has 19 heavy (non-hydrogen) atoms. The average Bonchev–Trinajstić information content (AvgIpc) is 2.84. The Hall–Kier alpha value is -1.66. The van der Waals surface area contributed by atoms with Gasteiger partial charge in [0.25, 0.3) is 0 Å². The van der Waals surface area contributed by atoms with Gasteiger partial charge in [0, 0.05) is 19.6 Å². The number of methoxy groups -OCH3 is 1. The van der Waals surface area contributed by atoms with Crippen molar-refractivity contribution in [2.75, 3.05) is 12.4 Å². The number of oxazole rings is 1. The van der Waals surface area contributed by atoms with E-state index in [9.17, 15) is 0 Å². The van der Waals surface area contributed by atoms with Crippen LogP contribution in [0.15, 0.2) is 16.7 Å². The van der Waals surface area contributed by atoms with Crippen molar-refractivity contribution in [1.82, 2.24) is 15.0 Å². The monoisotopic (exact) mass is 282 g/mol. The van der Waals surface area contributed by atoms with Gasteiger partial charge >= 0.3 is 0 Å². The Kier molecular flexibility index (Phi) is 4.70. The molecule has 0 spiro atoms. The Morgan fingerprint density at radius 1 is 1.42 bits per heavy atom.